The molecule has 0 heterocycles. The lowest BCUT2D eigenvalue weighted by Crippen LogP contribution is -2.23. The van der Waals surface area contributed by atoms with E-state index in [1.165, 1.54) is 7.11 Å². The zero-order chi connectivity index (χ0) is 19.1. The number of carbonyl (C=O) groups is 3. The number of Topliss-reactive ketones (excluding diaryl/α,β-unsaturated/α-hetero) is 1. The van der Waals surface area contributed by atoms with Gasteiger partial charge in [0.25, 0.3) is 5.91 Å². The molecule has 5 nitrogen and oxygen atoms in total. The standard InChI is InChI=1S/C21H21NO4/c1-14(2)19(23)18(13-15-7-5-4-6-8-15)20(24)22-17-11-9-16(10-12-17)21(25)26-3/h4-14H,1-3H3,(H,22,24). The van der Waals surface area contributed by atoms with Crippen LogP contribution in [0.25, 0.3) is 6.08 Å². The van der Waals surface area contributed by atoms with E-state index in [4.69, 9.17) is 0 Å². The van der Waals surface area contributed by atoms with Crippen molar-refractivity contribution in [3.8, 4) is 0 Å². The summed E-state index contributed by atoms with van der Waals surface area (Å²) in [6.45, 7) is 3.50. The second-order valence-corrected chi connectivity index (χ2v) is 6.01. The molecule has 5 heteroatoms. The third kappa shape index (κ3) is 4.89. The van der Waals surface area contributed by atoms with Gasteiger partial charge >= 0.3 is 5.97 Å². The Hall–Kier alpha value is -3.21. The van der Waals surface area contributed by atoms with Gasteiger partial charge in [0.15, 0.2) is 5.78 Å². The molecular weight excluding hydrogens is 330 g/mol. The summed E-state index contributed by atoms with van der Waals surface area (Å²) in [5.74, 6) is -1.49. The summed E-state index contributed by atoms with van der Waals surface area (Å²) in [5.41, 5.74) is 1.72. The first-order valence-corrected chi connectivity index (χ1v) is 8.23. The zero-order valence-electron chi connectivity index (χ0n) is 15.0. The summed E-state index contributed by atoms with van der Waals surface area (Å²) in [5, 5.41) is 2.70. The van der Waals surface area contributed by atoms with Gasteiger partial charge in [-0.3, -0.25) is 9.59 Å². The number of carbonyl (C=O) groups excluding carboxylic acids is 3. The molecule has 0 atom stereocenters. The van der Waals surface area contributed by atoms with Crippen molar-refractivity contribution in [1.29, 1.82) is 0 Å². The van der Waals surface area contributed by atoms with E-state index >= 15 is 0 Å². The molecule has 0 fully saturated rings. The van der Waals surface area contributed by atoms with E-state index in [0.29, 0.717) is 11.3 Å². The lowest BCUT2D eigenvalue weighted by atomic mass is 9.98. The molecular formula is C21H21NO4. The Kier molecular flexibility index (Phi) is 6.44. The summed E-state index contributed by atoms with van der Waals surface area (Å²) in [6.07, 6.45) is 1.58. The molecule has 1 N–H and O–H groups in total. The number of hydrogen-bond acceptors (Lipinski definition) is 4. The quantitative estimate of drug-likeness (QED) is 0.373. The topological polar surface area (TPSA) is 72.5 Å². The van der Waals surface area contributed by atoms with E-state index in [2.05, 4.69) is 10.1 Å². The molecule has 0 aliphatic rings. The number of hydrogen-bond donors (Lipinski definition) is 1. The molecule has 0 bridgehead atoms. The number of anilines is 1. The molecule has 0 unspecified atom stereocenters. The van der Waals surface area contributed by atoms with Crippen LogP contribution in [-0.4, -0.2) is 24.8 Å². The number of ketones is 1. The Labute approximate surface area is 152 Å². The van der Waals surface area contributed by atoms with Gasteiger partial charge < -0.3 is 10.1 Å². The predicted molar refractivity (Wildman–Crippen MR) is 101 cm³/mol. The summed E-state index contributed by atoms with van der Waals surface area (Å²) >= 11 is 0. The highest BCUT2D eigenvalue weighted by Gasteiger charge is 2.21. The minimum atomic E-state index is -0.488. The van der Waals surface area contributed by atoms with E-state index < -0.39 is 11.9 Å². The average molecular weight is 351 g/mol. The molecule has 0 saturated carbocycles. The van der Waals surface area contributed by atoms with Gasteiger partial charge in [0, 0.05) is 11.6 Å². The fourth-order valence-electron chi connectivity index (χ4n) is 2.28. The van der Waals surface area contributed by atoms with Gasteiger partial charge in [0.1, 0.15) is 0 Å². The van der Waals surface area contributed by atoms with Crippen molar-refractivity contribution in [2.24, 2.45) is 5.92 Å². The van der Waals surface area contributed by atoms with Crippen molar-refractivity contribution in [3.05, 3.63) is 71.3 Å². The highest BCUT2D eigenvalue weighted by molar-refractivity contribution is 6.26. The molecule has 0 radical (unpaired) electrons. The van der Waals surface area contributed by atoms with Crippen molar-refractivity contribution in [1.82, 2.24) is 0 Å². The monoisotopic (exact) mass is 351 g/mol. The van der Waals surface area contributed by atoms with Gasteiger partial charge in [-0.25, -0.2) is 4.79 Å². The van der Waals surface area contributed by atoms with Crippen LogP contribution in [0.4, 0.5) is 5.69 Å². The highest BCUT2D eigenvalue weighted by Crippen LogP contribution is 2.16. The maximum Gasteiger partial charge on any atom is 0.337 e. The molecule has 1 amide bonds. The van der Waals surface area contributed by atoms with Crippen molar-refractivity contribution in [2.45, 2.75) is 13.8 Å². The fourth-order valence-corrected chi connectivity index (χ4v) is 2.28. The number of methoxy groups -OCH3 is 1. The van der Waals surface area contributed by atoms with Crippen LogP contribution < -0.4 is 5.32 Å². The van der Waals surface area contributed by atoms with E-state index in [-0.39, 0.29) is 17.3 Å². The van der Waals surface area contributed by atoms with Crippen LogP contribution in [0.1, 0.15) is 29.8 Å². The Morgan fingerprint density at radius 3 is 2.12 bits per heavy atom. The first kappa shape index (κ1) is 19.1. The number of benzene rings is 2. The average Bonchev–Trinajstić information content (AvgIpc) is 2.66. The molecule has 0 aromatic heterocycles. The molecule has 0 saturated heterocycles. The van der Waals surface area contributed by atoms with Crippen LogP contribution in [0.2, 0.25) is 0 Å². The number of rotatable bonds is 6. The van der Waals surface area contributed by atoms with Crippen LogP contribution in [0.5, 0.6) is 0 Å². The predicted octanol–water partition coefficient (Wildman–Crippen LogP) is 3.72. The van der Waals surface area contributed by atoms with Gasteiger partial charge in [0.2, 0.25) is 0 Å². The Bertz CT molecular complexity index is 821. The second-order valence-electron chi connectivity index (χ2n) is 6.01. The SMILES string of the molecule is COC(=O)c1ccc(NC(=O)C(=Cc2ccccc2)C(=O)C(C)C)cc1. The molecule has 26 heavy (non-hydrogen) atoms. The summed E-state index contributed by atoms with van der Waals surface area (Å²) in [7, 11) is 1.30. The Balaban J connectivity index is 2.25. The number of amides is 1. The van der Waals surface area contributed by atoms with Gasteiger partial charge in [0.05, 0.1) is 18.2 Å². The minimum absolute atomic E-state index is 0.0863. The second kappa shape index (κ2) is 8.76. The summed E-state index contributed by atoms with van der Waals surface area (Å²) in [4.78, 5) is 36.6. The molecule has 2 aromatic rings. The highest BCUT2D eigenvalue weighted by atomic mass is 16.5. The molecule has 2 rings (SSSR count). The maximum absolute atomic E-state index is 12.6. The van der Waals surface area contributed by atoms with E-state index in [1.807, 2.05) is 30.3 Å². The van der Waals surface area contributed by atoms with Crippen molar-refractivity contribution < 1.29 is 19.1 Å². The normalized spacial score (nSPS) is 11.2. The number of esters is 1. The first-order chi connectivity index (χ1) is 12.4. The van der Waals surface area contributed by atoms with Crippen LogP contribution in [-0.2, 0) is 14.3 Å². The van der Waals surface area contributed by atoms with Gasteiger partial charge in [-0.05, 0) is 35.9 Å². The van der Waals surface area contributed by atoms with Crippen molar-refractivity contribution in [2.75, 3.05) is 12.4 Å². The van der Waals surface area contributed by atoms with Gasteiger partial charge in [-0.1, -0.05) is 44.2 Å². The third-order valence-corrected chi connectivity index (χ3v) is 3.71. The van der Waals surface area contributed by atoms with Gasteiger partial charge in [-0.2, -0.15) is 0 Å². The lowest BCUT2D eigenvalue weighted by molar-refractivity contribution is -0.121. The maximum atomic E-state index is 12.6. The smallest absolute Gasteiger partial charge is 0.337 e. The zero-order valence-corrected chi connectivity index (χ0v) is 15.0. The number of nitrogens with one attached hydrogen (secondary N) is 1. The Morgan fingerprint density at radius 2 is 1.58 bits per heavy atom. The van der Waals surface area contributed by atoms with Gasteiger partial charge in [-0.15, -0.1) is 0 Å². The van der Waals surface area contributed by atoms with E-state index in [0.717, 1.165) is 5.56 Å². The Morgan fingerprint density at radius 1 is 0.962 bits per heavy atom. The number of ether oxygens (including phenoxy) is 1. The van der Waals surface area contributed by atoms with Crippen LogP contribution in [0.15, 0.2) is 60.2 Å². The molecule has 134 valence electrons. The van der Waals surface area contributed by atoms with Crippen molar-refractivity contribution in [3.63, 3.8) is 0 Å². The minimum Gasteiger partial charge on any atom is -0.465 e. The third-order valence-electron chi connectivity index (χ3n) is 3.71. The molecule has 0 aliphatic carbocycles. The molecule has 2 aromatic carbocycles. The summed E-state index contributed by atoms with van der Waals surface area (Å²) < 4.78 is 4.64. The van der Waals surface area contributed by atoms with Crippen LogP contribution in [0, 0.1) is 5.92 Å². The van der Waals surface area contributed by atoms with Crippen molar-refractivity contribution >= 4 is 29.4 Å². The van der Waals surface area contributed by atoms with E-state index in [9.17, 15) is 14.4 Å². The lowest BCUT2D eigenvalue weighted by Gasteiger charge is -2.11. The largest absolute Gasteiger partial charge is 0.465 e. The van der Waals surface area contributed by atoms with E-state index in [1.54, 1.807) is 44.2 Å². The molecule has 0 spiro atoms. The van der Waals surface area contributed by atoms with Crippen LogP contribution in [0.3, 0.4) is 0 Å². The molecule has 0 aliphatic heterocycles. The first-order valence-electron chi connectivity index (χ1n) is 8.23. The fraction of sp³-hybridized carbons (Fsp3) is 0.190. The van der Waals surface area contributed by atoms with Crippen LogP contribution >= 0.6 is 0 Å². The summed E-state index contributed by atoms with van der Waals surface area (Å²) in [6, 6.07) is 15.5.